The van der Waals surface area contributed by atoms with Crippen molar-refractivity contribution in [3.8, 4) is 0 Å². The zero-order valence-corrected chi connectivity index (χ0v) is 11.1. The van der Waals surface area contributed by atoms with Crippen LogP contribution in [0.2, 0.25) is 5.02 Å². The van der Waals surface area contributed by atoms with Crippen LogP contribution in [0.25, 0.3) is 0 Å². The Hall–Kier alpha value is -2.28. The highest BCUT2D eigenvalue weighted by Gasteiger charge is 2.21. The Balaban J connectivity index is 2.33. The molecule has 0 aliphatic heterocycles. The number of rotatable bonds is 4. The van der Waals surface area contributed by atoms with Gasteiger partial charge in [0.15, 0.2) is 17.3 Å². The number of nitro groups is 1. The van der Waals surface area contributed by atoms with Crippen molar-refractivity contribution in [2.45, 2.75) is 6.54 Å². The largest absolute Gasteiger partial charge is 0.373 e. The van der Waals surface area contributed by atoms with Gasteiger partial charge in [0.2, 0.25) is 0 Å². The van der Waals surface area contributed by atoms with Gasteiger partial charge in [-0.1, -0.05) is 23.7 Å². The third-order valence-electron chi connectivity index (χ3n) is 2.76. The summed E-state index contributed by atoms with van der Waals surface area (Å²) in [4.78, 5) is 9.94. The first-order chi connectivity index (χ1) is 9.91. The van der Waals surface area contributed by atoms with E-state index in [9.17, 15) is 23.3 Å². The molecule has 0 fully saturated rings. The predicted molar refractivity (Wildman–Crippen MR) is 71.7 cm³/mol. The molecule has 0 unspecified atom stereocenters. The van der Waals surface area contributed by atoms with Crippen LogP contribution in [0.4, 0.5) is 24.5 Å². The average Bonchev–Trinajstić information content (AvgIpc) is 2.44. The number of nitrogens with zero attached hydrogens (tertiary/aromatic N) is 1. The summed E-state index contributed by atoms with van der Waals surface area (Å²) in [6, 6.07) is 5.65. The van der Waals surface area contributed by atoms with Gasteiger partial charge in [0, 0.05) is 18.2 Å². The quantitative estimate of drug-likeness (QED) is 0.676. The smallest absolute Gasteiger partial charge is 0.295 e. The van der Waals surface area contributed by atoms with Crippen LogP contribution in [0.5, 0.6) is 0 Å². The summed E-state index contributed by atoms with van der Waals surface area (Å²) in [6.45, 7) is -0.284. The second-order valence-electron chi connectivity index (χ2n) is 4.08. The summed E-state index contributed by atoms with van der Waals surface area (Å²) in [5.74, 6) is -3.37. The first-order valence-corrected chi connectivity index (χ1v) is 6.08. The van der Waals surface area contributed by atoms with Crippen molar-refractivity contribution in [2.24, 2.45) is 0 Å². The van der Waals surface area contributed by atoms with E-state index in [1.165, 1.54) is 18.2 Å². The van der Waals surface area contributed by atoms with Gasteiger partial charge < -0.3 is 5.32 Å². The van der Waals surface area contributed by atoms with Crippen LogP contribution >= 0.6 is 11.6 Å². The molecule has 2 aromatic rings. The van der Waals surface area contributed by atoms with E-state index in [4.69, 9.17) is 11.6 Å². The van der Waals surface area contributed by atoms with Gasteiger partial charge in [0.05, 0.1) is 9.95 Å². The Morgan fingerprint density at radius 3 is 2.52 bits per heavy atom. The van der Waals surface area contributed by atoms with E-state index < -0.39 is 33.7 Å². The molecule has 0 atom stereocenters. The topological polar surface area (TPSA) is 55.2 Å². The molecule has 0 radical (unpaired) electrons. The van der Waals surface area contributed by atoms with Crippen molar-refractivity contribution in [1.82, 2.24) is 0 Å². The lowest BCUT2D eigenvalue weighted by atomic mass is 10.2. The van der Waals surface area contributed by atoms with Crippen LogP contribution in [0.1, 0.15) is 5.56 Å². The molecule has 1 N–H and O–H groups in total. The third-order valence-corrected chi connectivity index (χ3v) is 3.05. The average molecular weight is 317 g/mol. The maximum absolute atomic E-state index is 13.7. The second-order valence-corrected chi connectivity index (χ2v) is 4.49. The first kappa shape index (κ1) is 15.1. The fourth-order valence-corrected chi connectivity index (χ4v) is 1.92. The van der Waals surface area contributed by atoms with Gasteiger partial charge in [0.1, 0.15) is 5.82 Å². The molecule has 4 nitrogen and oxygen atoms in total. The maximum Gasteiger partial charge on any atom is 0.295 e. The maximum atomic E-state index is 13.7. The molecule has 21 heavy (non-hydrogen) atoms. The van der Waals surface area contributed by atoms with Gasteiger partial charge in [-0.25, -0.2) is 13.2 Å². The number of benzene rings is 2. The van der Waals surface area contributed by atoms with Crippen LogP contribution in [0.15, 0.2) is 30.3 Å². The summed E-state index contributed by atoms with van der Waals surface area (Å²) in [5.41, 5.74) is -1.21. The molecule has 2 aromatic carbocycles. The minimum absolute atomic E-state index is 0.0699. The summed E-state index contributed by atoms with van der Waals surface area (Å²) < 4.78 is 40.5. The summed E-state index contributed by atoms with van der Waals surface area (Å²) >= 11 is 5.59. The fourth-order valence-electron chi connectivity index (χ4n) is 1.73. The molecule has 0 aromatic heterocycles. The van der Waals surface area contributed by atoms with Gasteiger partial charge in [-0.2, -0.15) is 0 Å². The monoisotopic (exact) mass is 316 g/mol. The Morgan fingerprint density at radius 1 is 1.14 bits per heavy atom. The first-order valence-electron chi connectivity index (χ1n) is 5.71. The molecular formula is C13H8ClF3N2O2. The van der Waals surface area contributed by atoms with Crippen molar-refractivity contribution in [1.29, 1.82) is 0 Å². The Bertz CT molecular complexity index is 710. The molecular weight excluding hydrogens is 309 g/mol. The Labute approximate surface area is 122 Å². The number of hydrogen-bond acceptors (Lipinski definition) is 3. The van der Waals surface area contributed by atoms with E-state index in [1.54, 1.807) is 0 Å². The highest BCUT2D eigenvalue weighted by atomic mass is 35.5. The minimum atomic E-state index is -1.40. The molecule has 0 saturated heterocycles. The SMILES string of the molecule is O=[N+]([O-])c1ccc(F)c(F)c1NCc1cccc(Cl)c1F. The molecule has 110 valence electrons. The van der Waals surface area contributed by atoms with E-state index in [-0.39, 0.29) is 17.1 Å². The van der Waals surface area contributed by atoms with Crippen LogP contribution in [0, 0.1) is 27.6 Å². The molecule has 0 aliphatic rings. The van der Waals surface area contributed by atoms with Crippen LogP contribution in [-0.4, -0.2) is 4.92 Å². The van der Waals surface area contributed by atoms with Gasteiger partial charge in [-0.05, 0) is 12.1 Å². The minimum Gasteiger partial charge on any atom is -0.373 e. The van der Waals surface area contributed by atoms with Crippen molar-refractivity contribution in [3.63, 3.8) is 0 Å². The van der Waals surface area contributed by atoms with Crippen molar-refractivity contribution in [3.05, 3.63) is 68.5 Å². The Kier molecular flexibility index (Phi) is 4.32. The zero-order chi connectivity index (χ0) is 15.6. The number of hydrogen-bond donors (Lipinski definition) is 1. The summed E-state index contributed by atoms with van der Waals surface area (Å²) in [6.07, 6.45) is 0. The highest BCUT2D eigenvalue weighted by molar-refractivity contribution is 6.30. The van der Waals surface area contributed by atoms with E-state index >= 15 is 0 Å². The van der Waals surface area contributed by atoms with E-state index in [0.29, 0.717) is 6.07 Å². The molecule has 2 rings (SSSR count). The summed E-state index contributed by atoms with van der Waals surface area (Å²) in [7, 11) is 0. The van der Waals surface area contributed by atoms with Gasteiger partial charge in [0.25, 0.3) is 5.69 Å². The highest BCUT2D eigenvalue weighted by Crippen LogP contribution is 2.30. The molecule has 0 saturated carbocycles. The number of halogens is 4. The number of nitrogens with one attached hydrogen (secondary N) is 1. The second kappa shape index (κ2) is 6.01. The van der Waals surface area contributed by atoms with Crippen molar-refractivity contribution in [2.75, 3.05) is 5.32 Å². The van der Waals surface area contributed by atoms with Crippen molar-refractivity contribution < 1.29 is 18.1 Å². The Morgan fingerprint density at radius 2 is 1.86 bits per heavy atom. The lowest BCUT2D eigenvalue weighted by molar-refractivity contribution is -0.384. The van der Waals surface area contributed by atoms with E-state index in [0.717, 1.165) is 6.07 Å². The number of nitro benzene ring substituents is 1. The van der Waals surface area contributed by atoms with Crippen LogP contribution < -0.4 is 5.32 Å². The van der Waals surface area contributed by atoms with E-state index in [1.807, 2.05) is 0 Å². The third kappa shape index (κ3) is 3.08. The lowest BCUT2D eigenvalue weighted by Gasteiger charge is -2.10. The van der Waals surface area contributed by atoms with Crippen molar-refractivity contribution >= 4 is 23.0 Å². The molecule has 8 heteroatoms. The normalized spacial score (nSPS) is 10.5. The number of anilines is 1. The predicted octanol–water partition coefficient (Wildman–Crippen LogP) is 4.28. The molecule has 0 spiro atoms. The fraction of sp³-hybridized carbons (Fsp3) is 0.0769. The molecule has 0 aliphatic carbocycles. The van der Waals surface area contributed by atoms with Crippen LogP contribution in [0.3, 0.4) is 0 Å². The molecule has 0 heterocycles. The van der Waals surface area contributed by atoms with E-state index in [2.05, 4.69) is 5.32 Å². The van der Waals surface area contributed by atoms with Gasteiger partial charge in [-0.3, -0.25) is 10.1 Å². The van der Waals surface area contributed by atoms with Gasteiger partial charge in [-0.15, -0.1) is 0 Å². The molecule has 0 bridgehead atoms. The zero-order valence-electron chi connectivity index (χ0n) is 10.4. The standard InChI is InChI=1S/C13H8ClF3N2O2/c14-8-3-1-2-7(11(8)16)6-18-13-10(19(20)21)5-4-9(15)12(13)17/h1-5,18H,6H2. The van der Waals surface area contributed by atoms with Gasteiger partial charge >= 0.3 is 0 Å². The summed E-state index contributed by atoms with van der Waals surface area (Å²) in [5, 5.41) is 13.0. The molecule has 0 amide bonds. The van der Waals surface area contributed by atoms with Crippen LogP contribution in [-0.2, 0) is 6.54 Å². The lowest BCUT2D eigenvalue weighted by Crippen LogP contribution is -2.07.